The number of amides is 1. The topological polar surface area (TPSA) is 35.6 Å². The molecule has 4 nitrogen and oxygen atoms in total. The Kier molecular flexibility index (Phi) is 4.75. The molecule has 2 atom stereocenters. The number of carbonyl (C=O) groups is 1. The van der Waals surface area contributed by atoms with Gasteiger partial charge >= 0.3 is 0 Å². The van der Waals surface area contributed by atoms with E-state index in [0.717, 1.165) is 32.5 Å². The van der Waals surface area contributed by atoms with Crippen LogP contribution in [0.2, 0.25) is 0 Å². The van der Waals surface area contributed by atoms with Crippen molar-refractivity contribution in [3.8, 4) is 0 Å². The first-order valence-corrected chi connectivity index (χ1v) is 8.03. The number of hydrogen-bond donors (Lipinski definition) is 1. The molecule has 2 saturated heterocycles. The Bertz CT molecular complexity index is 332. The summed E-state index contributed by atoms with van der Waals surface area (Å²) in [6.07, 6.45) is 3.43. The summed E-state index contributed by atoms with van der Waals surface area (Å²) in [6.45, 7) is 11.3. The van der Waals surface area contributed by atoms with Crippen molar-refractivity contribution in [1.29, 1.82) is 0 Å². The average molecular weight is 281 g/mol. The van der Waals surface area contributed by atoms with E-state index in [1.807, 2.05) is 25.7 Å². The van der Waals surface area contributed by atoms with E-state index in [1.165, 1.54) is 6.42 Å². The fourth-order valence-corrected chi connectivity index (χ4v) is 3.37. The highest BCUT2D eigenvalue weighted by Crippen LogP contribution is 2.22. The van der Waals surface area contributed by atoms with Crippen molar-refractivity contribution in [2.24, 2.45) is 5.41 Å². The Morgan fingerprint density at radius 2 is 1.75 bits per heavy atom. The minimum Gasteiger partial charge on any atom is -0.342 e. The van der Waals surface area contributed by atoms with Crippen molar-refractivity contribution in [1.82, 2.24) is 15.1 Å². The van der Waals surface area contributed by atoms with E-state index in [-0.39, 0.29) is 5.41 Å². The second kappa shape index (κ2) is 6.02. The van der Waals surface area contributed by atoms with Crippen molar-refractivity contribution < 1.29 is 4.79 Å². The summed E-state index contributed by atoms with van der Waals surface area (Å²) < 4.78 is 0. The predicted molar refractivity (Wildman–Crippen MR) is 82.7 cm³/mol. The molecule has 4 heteroatoms. The first-order chi connectivity index (χ1) is 9.27. The number of nitrogens with zero attached hydrogens (tertiary/aromatic N) is 2. The summed E-state index contributed by atoms with van der Waals surface area (Å²) in [6, 6.07) is 1.91. The van der Waals surface area contributed by atoms with Crippen molar-refractivity contribution >= 4 is 5.91 Å². The Labute approximate surface area is 123 Å². The SMILES string of the molecule is CC1CC(NC2CCN(C(=O)C(C)(C)C)CC2)CN1C. The van der Waals surface area contributed by atoms with E-state index < -0.39 is 0 Å². The number of piperidine rings is 1. The quantitative estimate of drug-likeness (QED) is 0.837. The number of likely N-dealkylation sites (N-methyl/N-ethyl adjacent to an activating group) is 1. The molecule has 0 aliphatic carbocycles. The summed E-state index contributed by atoms with van der Waals surface area (Å²) in [5.74, 6) is 0.296. The minimum atomic E-state index is -0.246. The molecule has 2 heterocycles. The molecular formula is C16H31N3O. The Hall–Kier alpha value is -0.610. The van der Waals surface area contributed by atoms with Crippen LogP contribution in [0.15, 0.2) is 0 Å². The van der Waals surface area contributed by atoms with Gasteiger partial charge < -0.3 is 15.1 Å². The predicted octanol–water partition coefficient (Wildman–Crippen LogP) is 1.71. The van der Waals surface area contributed by atoms with E-state index in [0.29, 0.717) is 24.0 Å². The zero-order valence-corrected chi connectivity index (χ0v) is 13.8. The molecule has 0 bridgehead atoms. The van der Waals surface area contributed by atoms with Crippen molar-refractivity contribution in [2.75, 3.05) is 26.7 Å². The van der Waals surface area contributed by atoms with Gasteiger partial charge in [0.1, 0.15) is 0 Å². The highest BCUT2D eigenvalue weighted by Gasteiger charge is 2.32. The van der Waals surface area contributed by atoms with Crippen LogP contribution in [0, 0.1) is 5.41 Å². The number of likely N-dealkylation sites (tertiary alicyclic amines) is 2. The third kappa shape index (κ3) is 3.73. The van der Waals surface area contributed by atoms with Crippen LogP contribution in [0.25, 0.3) is 0 Å². The van der Waals surface area contributed by atoms with Crippen LogP contribution in [0.4, 0.5) is 0 Å². The lowest BCUT2D eigenvalue weighted by Gasteiger charge is -2.37. The number of rotatable bonds is 2. The van der Waals surface area contributed by atoms with Crippen LogP contribution in [0.3, 0.4) is 0 Å². The van der Waals surface area contributed by atoms with E-state index in [2.05, 4.69) is 24.2 Å². The molecule has 0 aromatic rings. The first-order valence-electron chi connectivity index (χ1n) is 8.03. The van der Waals surface area contributed by atoms with Gasteiger partial charge in [-0.3, -0.25) is 4.79 Å². The molecule has 116 valence electrons. The van der Waals surface area contributed by atoms with Crippen LogP contribution in [0.5, 0.6) is 0 Å². The number of carbonyl (C=O) groups excluding carboxylic acids is 1. The highest BCUT2D eigenvalue weighted by molar-refractivity contribution is 5.81. The molecule has 0 saturated carbocycles. The molecule has 0 aromatic carbocycles. The van der Waals surface area contributed by atoms with Crippen LogP contribution >= 0.6 is 0 Å². The molecule has 0 radical (unpaired) electrons. The van der Waals surface area contributed by atoms with E-state index in [4.69, 9.17) is 0 Å². The highest BCUT2D eigenvalue weighted by atomic mass is 16.2. The van der Waals surface area contributed by atoms with Crippen LogP contribution in [-0.2, 0) is 4.79 Å². The van der Waals surface area contributed by atoms with Gasteiger partial charge in [-0.25, -0.2) is 0 Å². The van der Waals surface area contributed by atoms with Crippen molar-refractivity contribution in [3.05, 3.63) is 0 Å². The minimum absolute atomic E-state index is 0.246. The maximum absolute atomic E-state index is 12.3. The van der Waals surface area contributed by atoms with Crippen LogP contribution in [0.1, 0.15) is 47.0 Å². The number of hydrogen-bond acceptors (Lipinski definition) is 3. The molecule has 2 aliphatic heterocycles. The summed E-state index contributed by atoms with van der Waals surface area (Å²) in [7, 11) is 2.21. The van der Waals surface area contributed by atoms with Gasteiger partial charge in [-0.1, -0.05) is 20.8 Å². The van der Waals surface area contributed by atoms with Gasteiger partial charge in [-0.05, 0) is 33.2 Å². The smallest absolute Gasteiger partial charge is 0.227 e. The first kappa shape index (κ1) is 15.8. The lowest BCUT2D eigenvalue weighted by atomic mass is 9.93. The normalized spacial score (nSPS) is 29.9. The molecule has 2 rings (SSSR count). The molecule has 1 amide bonds. The zero-order chi connectivity index (χ0) is 14.9. The summed E-state index contributed by atoms with van der Waals surface area (Å²) in [4.78, 5) is 16.7. The standard InChI is InChI=1S/C16H31N3O/c1-12-10-14(11-18(12)5)17-13-6-8-19(9-7-13)15(20)16(2,3)4/h12-14,17H,6-11H2,1-5H3. The molecule has 2 aliphatic rings. The van der Waals surface area contributed by atoms with Gasteiger partial charge in [0, 0.05) is 43.2 Å². The van der Waals surface area contributed by atoms with E-state index in [9.17, 15) is 4.79 Å². The summed E-state index contributed by atoms with van der Waals surface area (Å²) in [5, 5.41) is 3.80. The molecule has 20 heavy (non-hydrogen) atoms. The second-order valence-corrected chi connectivity index (χ2v) is 7.70. The average Bonchev–Trinajstić information content (AvgIpc) is 2.67. The lowest BCUT2D eigenvalue weighted by molar-refractivity contribution is -0.140. The van der Waals surface area contributed by atoms with Gasteiger partial charge in [0.2, 0.25) is 5.91 Å². The fraction of sp³-hybridized carbons (Fsp3) is 0.938. The number of nitrogens with one attached hydrogen (secondary N) is 1. The second-order valence-electron chi connectivity index (χ2n) is 7.70. The third-order valence-electron chi connectivity index (χ3n) is 4.78. The zero-order valence-electron chi connectivity index (χ0n) is 13.8. The van der Waals surface area contributed by atoms with Gasteiger partial charge in [-0.2, -0.15) is 0 Å². The third-order valence-corrected chi connectivity index (χ3v) is 4.78. The Morgan fingerprint density at radius 3 is 2.20 bits per heavy atom. The largest absolute Gasteiger partial charge is 0.342 e. The summed E-state index contributed by atoms with van der Waals surface area (Å²) in [5.41, 5.74) is -0.246. The van der Waals surface area contributed by atoms with Gasteiger partial charge in [0.15, 0.2) is 0 Å². The lowest BCUT2D eigenvalue weighted by Crippen LogP contribution is -2.50. The van der Waals surface area contributed by atoms with E-state index >= 15 is 0 Å². The maximum Gasteiger partial charge on any atom is 0.227 e. The molecule has 2 unspecified atom stereocenters. The van der Waals surface area contributed by atoms with E-state index in [1.54, 1.807) is 0 Å². The molecular weight excluding hydrogens is 250 g/mol. The van der Waals surface area contributed by atoms with Gasteiger partial charge in [0.05, 0.1) is 0 Å². The van der Waals surface area contributed by atoms with Gasteiger partial charge in [-0.15, -0.1) is 0 Å². The monoisotopic (exact) mass is 281 g/mol. The Balaban J connectivity index is 1.76. The fourth-order valence-electron chi connectivity index (χ4n) is 3.37. The van der Waals surface area contributed by atoms with Crippen molar-refractivity contribution in [3.63, 3.8) is 0 Å². The summed E-state index contributed by atoms with van der Waals surface area (Å²) >= 11 is 0. The Morgan fingerprint density at radius 1 is 1.15 bits per heavy atom. The molecule has 2 fully saturated rings. The maximum atomic E-state index is 12.3. The van der Waals surface area contributed by atoms with Gasteiger partial charge in [0.25, 0.3) is 0 Å². The van der Waals surface area contributed by atoms with Crippen molar-refractivity contribution in [2.45, 2.75) is 65.1 Å². The molecule has 1 N–H and O–H groups in total. The molecule has 0 aromatic heterocycles. The van der Waals surface area contributed by atoms with Crippen LogP contribution < -0.4 is 5.32 Å². The van der Waals surface area contributed by atoms with Crippen LogP contribution in [-0.4, -0.2) is 60.5 Å². The molecule has 0 spiro atoms.